The Morgan fingerprint density at radius 1 is 1.18 bits per heavy atom. The Bertz CT molecular complexity index is 528. The van der Waals surface area contributed by atoms with E-state index < -0.39 is 30.3 Å². The molecule has 3 rings (SSSR count). The molecule has 1 aliphatic carbocycles. The molecule has 2 aliphatic rings. The summed E-state index contributed by atoms with van der Waals surface area (Å²) in [6.45, 7) is -1.14. The first-order chi connectivity index (χ1) is 10.4. The summed E-state index contributed by atoms with van der Waals surface area (Å²) in [7, 11) is 0. The van der Waals surface area contributed by atoms with Crippen LogP contribution in [0.25, 0.3) is 0 Å². The van der Waals surface area contributed by atoms with Crippen LogP contribution in [0.1, 0.15) is 29.9 Å². The highest BCUT2D eigenvalue weighted by Gasteiger charge is 2.62. The van der Waals surface area contributed by atoms with Crippen LogP contribution in [0.4, 0.5) is 4.39 Å². The van der Waals surface area contributed by atoms with Gasteiger partial charge in [0.2, 0.25) is 0 Å². The summed E-state index contributed by atoms with van der Waals surface area (Å²) in [5, 5.41) is 39.6. The average Bonchev–Trinajstić information content (AvgIpc) is 3.31. The van der Waals surface area contributed by atoms with E-state index in [2.05, 4.69) is 0 Å². The van der Waals surface area contributed by atoms with Gasteiger partial charge in [0.15, 0.2) is 5.60 Å². The molecule has 4 N–H and O–H groups in total. The highest BCUT2D eigenvalue weighted by atomic mass is 19.2. The second-order valence-corrected chi connectivity index (χ2v) is 6.31. The molecule has 1 aliphatic heterocycles. The number of ether oxygens (including phenoxy) is 1. The van der Waals surface area contributed by atoms with Crippen LogP contribution in [-0.4, -0.2) is 57.3 Å². The molecule has 22 heavy (non-hydrogen) atoms. The predicted molar refractivity (Wildman–Crippen MR) is 76.0 cm³/mol. The molecule has 4 atom stereocenters. The minimum Gasteiger partial charge on any atom is -0.393 e. The third-order valence-corrected chi connectivity index (χ3v) is 4.71. The number of rotatable bonds is 4. The molecule has 122 valence electrons. The van der Waals surface area contributed by atoms with Crippen molar-refractivity contribution in [3.05, 3.63) is 35.4 Å². The molecule has 1 saturated carbocycles. The molecule has 6 heteroatoms. The molecule has 2 fully saturated rings. The van der Waals surface area contributed by atoms with Crippen molar-refractivity contribution in [2.45, 2.75) is 48.8 Å². The van der Waals surface area contributed by atoms with Crippen molar-refractivity contribution in [3.63, 3.8) is 0 Å². The summed E-state index contributed by atoms with van der Waals surface area (Å²) in [5.74, 6) is -2.66. The van der Waals surface area contributed by atoms with Crippen LogP contribution in [0.3, 0.4) is 0 Å². The predicted octanol–water partition coefficient (Wildman–Crippen LogP) is 0.248. The monoisotopic (exact) mass is 312 g/mol. The van der Waals surface area contributed by atoms with Crippen LogP contribution in [0.2, 0.25) is 0 Å². The van der Waals surface area contributed by atoms with E-state index in [1.807, 2.05) is 12.1 Å². The van der Waals surface area contributed by atoms with Crippen molar-refractivity contribution in [2.24, 2.45) is 0 Å². The van der Waals surface area contributed by atoms with Gasteiger partial charge in [0.25, 0.3) is 5.85 Å². The first-order valence-electron chi connectivity index (χ1n) is 7.51. The summed E-state index contributed by atoms with van der Waals surface area (Å²) >= 11 is 0. The van der Waals surface area contributed by atoms with Crippen LogP contribution in [0, 0.1) is 0 Å². The number of hydrogen-bond donors (Lipinski definition) is 4. The van der Waals surface area contributed by atoms with Gasteiger partial charge in [0.05, 0.1) is 13.2 Å². The fourth-order valence-corrected chi connectivity index (χ4v) is 3.02. The lowest BCUT2D eigenvalue weighted by atomic mass is 9.78. The molecule has 1 aromatic carbocycles. The Labute approximate surface area is 128 Å². The molecule has 0 radical (unpaired) electrons. The number of hydrogen-bond acceptors (Lipinski definition) is 5. The lowest BCUT2D eigenvalue weighted by molar-refractivity contribution is -0.347. The van der Waals surface area contributed by atoms with E-state index in [4.69, 9.17) is 9.84 Å². The highest BCUT2D eigenvalue weighted by molar-refractivity contribution is 5.29. The maximum Gasteiger partial charge on any atom is 0.267 e. The van der Waals surface area contributed by atoms with E-state index in [1.54, 1.807) is 12.1 Å². The zero-order chi connectivity index (χ0) is 16.0. The molecule has 1 saturated heterocycles. The lowest BCUT2D eigenvalue weighted by Gasteiger charge is -2.48. The Hall–Kier alpha value is -1.05. The molecule has 0 aromatic heterocycles. The number of aliphatic hydroxyl groups is 4. The number of benzene rings is 1. The minimum atomic E-state index is -3.24. The number of aliphatic hydroxyl groups excluding tert-OH is 2. The second kappa shape index (κ2) is 5.54. The van der Waals surface area contributed by atoms with Gasteiger partial charge >= 0.3 is 0 Å². The standard InChI is InChI=1S/C16H21FO5/c17-16(21)14(8-18)22-9-13(19)15(16,20)7-10-1-3-11(4-2-10)12-5-6-12/h1-4,12-14,18-21H,5-9H2/t13-,14+,15+,16+/m0/s1. The SMILES string of the molecule is OC[C@H]1OC[C@H](O)[C@](O)(Cc2ccc(C3CC3)cc2)[C@@]1(O)F. The fourth-order valence-electron chi connectivity index (χ4n) is 3.02. The molecule has 0 spiro atoms. The van der Waals surface area contributed by atoms with Crippen molar-refractivity contribution in [3.8, 4) is 0 Å². The summed E-state index contributed by atoms with van der Waals surface area (Å²) in [6, 6.07) is 7.36. The molecular weight excluding hydrogens is 291 g/mol. The van der Waals surface area contributed by atoms with Crippen LogP contribution >= 0.6 is 0 Å². The Balaban J connectivity index is 1.83. The van der Waals surface area contributed by atoms with Crippen molar-refractivity contribution in [2.75, 3.05) is 13.2 Å². The van der Waals surface area contributed by atoms with Gasteiger partial charge in [-0.25, -0.2) is 4.39 Å². The maximum absolute atomic E-state index is 14.6. The molecular formula is C16H21FO5. The Morgan fingerprint density at radius 3 is 2.36 bits per heavy atom. The van der Waals surface area contributed by atoms with E-state index in [-0.39, 0.29) is 13.0 Å². The van der Waals surface area contributed by atoms with Gasteiger partial charge in [-0.15, -0.1) is 0 Å². The molecule has 0 unspecified atom stereocenters. The molecule has 0 amide bonds. The van der Waals surface area contributed by atoms with Crippen molar-refractivity contribution >= 4 is 0 Å². The van der Waals surface area contributed by atoms with E-state index in [0.29, 0.717) is 11.5 Å². The number of halogens is 1. The molecule has 1 heterocycles. The molecule has 1 aromatic rings. The summed E-state index contributed by atoms with van der Waals surface area (Å²) < 4.78 is 19.5. The first-order valence-corrected chi connectivity index (χ1v) is 7.51. The highest BCUT2D eigenvalue weighted by Crippen LogP contribution is 2.41. The maximum atomic E-state index is 14.6. The summed E-state index contributed by atoms with van der Waals surface area (Å²) in [5.41, 5.74) is -0.632. The van der Waals surface area contributed by atoms with Crippen LogP contribution in [0.15, 0.2) is 24.3 Å². The molecule has 5 nitrogen and oxygen atoms in total. The second-order valence-electron chi connectivity index (χ2n) is 6.31. The van der Waals surface area contributed by atoms with E-state index >= 15 is 0 Å². The largest absolute Gasteiger partial charge is 0.393 e. The third kappa shape index (κ3) is 2.55. The van der Waals surface area contributed by atoms with E-state index in [9.17, 15) is 19.7 Å². The summed E-state index contributed by atoms with van der Waals surface area (Å²) in [6.07, 6.45) is -1.12. The normalized spacial score (nSPS) is 39.0. The number of alkyl halides is 1. The quantitative estimate of drug-likeness (QED) is 0.640. The lowest BCUT2D eigenvalue weighted by Crippen LogP contribution is -2.71. The average molecular weight is 312 g/mol. The van der Waals surface area contributed by atoms with Gasteiger partial charge in [-0.3, -0.25) is 0 Å². The van der Waals surface area contributed by atoms with Gasteiger partial charge in [-0.1, -0.05) is 24.3 Å². The zero-order valence-corrected chi connectivity index (χ0v) is 12.2. The minimum absolute atomic E-state index is 0.272. The van der Waals surface area contributed by atoms with Gasteiger partial charge in [-0.05, 0) is 29.9 Å². The topological polar surface area (TPSA) is 90.2 Å². The smallest absolute Gasteiger partial charge is 0.267 e. The van der Waals surface area contributed by atoms with Crippen molar-refractivity contribution < 1.29 is 29.6 Å². The van der Waals surface area contributed by atoms with E-state index in [1.165, 1.54) is 18.4 Å². The van der Waals surface area contributed by atoms with Crippen molar-refractivity contribution in [1.82, 2.24) is 0 Å². The van der Waals surface area contributed by atoms with Crippen molar-refractivity contribution in [1.29, 1.82) is 0 Å². The Morgan fingerprint density at radius 2 is 1.82 bits per heavy atom. The van der Waals surface area contributed by atoms with Gasteiger partial charge in [0, 0.05) is 6.42 Å². The van der Waals surface area contributed by atoms with Gasteiger partial charge in [-0.2, -0.15) is 0 Å². The van der Waals surface area contributed by atoms with E-state index in [0.717, 1.165) is 0 Å². The zero-order valence-electron chi connectivity index (χ0n) is 12.2. The molecule has 0 bridgehead atoms. The van der Waals surface area contributed by atoms with Crippen LogP contribution in [-0.2, 0) is 11.2 Å². The Kier molecular flexibility index (Phi) is 3.99. The van der Waals surface area contributed by atoms with Crippen LogP contribution in [0.5, 0.6) is 0 Å². The van der Waals surface area contributed by atoms with Gasteiger partial charge in [0.1, 0.15) is 12.2 Å². The van der Waals surface area contributed by atoms with Crippen LogP contribution < -0.4 is 0 Å². The fraction of sp³-hybridized carbons (Fsp3) is 0.625. The summed E-state index contributed by atoms with van der Waals surface area (Å²) in [4.78, 5) is 0. The third-order valence-electron chi connectivity index (χ3n) is 4.71. The first kappa shape index (κ1) is 15.8. The van der Waals surface area contributed by atoms with Gasteiger partial charge < -0.3 is 25.2 Å².